The maximum Gasteiger partial charge on any atom is 0.135 e. The number of hydrogen-bond acceptors (Lipinski definition) is 4. The first-order valence-electron chi connectivity index (χ1n) is 22.4. The number of aromatic nitrogens is 2. The van der Waals surface area contributed by atoms with Crippen LogP contribution in [0.1, 0.15) is 98.4 Å². The van der Waals surface area contributed by atoms with Gasteiger partial charge in [0.1, 0.15) is 5.82 Å². The van der Waals surface area contributed by atoms with Crippen molar-refractivity contribution in [3.05, 3.63) is 199 Å². The van der Waals surface area contributed by atoms with Crippen LogP contribution >= 0.6 is 0 Å². The molecular formula is C59H59N4OPt-3. The van der Waals surface area contributed by atoms with Gasteiger partial charge in [-0.15, -0.1) is 53.6 Å². The Labute approximate surface area is 401 Å². The second kappa shape index (κ2) is 17.1. The monoisotopic (exact) mass is 1030 g/mol. The SMILES string of the molecule is CC(C)(C)C1=CN(c2cccc(C(C)(C)C)c2)[CH-]N1c1[c-]c(Oc2[c-]c3c(cc2)c2cc(-c4ccccc4)ccc2n3-c2cc(C(C)(C)C)ccn2)cc(C(C)(C)c2ccccc2)c1.[Pt]. The fourth-order valence-electron chi connectivity index (χ4n) is 8.69. The van der Waals surface area contributed by atoms with Gasteiger partial charge in [0.15, 0.2) is 0 Å². The van der Waals surface area contributed by atoms with Crippen LogP contribution in [-0.2, 0) is 37.3 Å². The van der Waals surface area contributed by atoms with E-state index < -0.39 is 0 Å². The summed E-state index contributed by atoms with van der Waals surface area (Å²) in [5, 5.41) is 2.21. The van der Waals surface area contributed by atoms with Crippen LogP contribution in [0.3, 0.4) is 0 Å². The molecule has 8 aromatic rings. The predicted molar refractivity (Wildman–Crippen MR) is 267 cm³/mol. The number of nitrogens with zero attached hydrogens (tertiary/aromatic N) is 4. The molecule has 2 aromatic heterocycles. The maximum atomic E-state index is 6.98. The molecule has 65 heavy (non-hydrogen) atoms. The van der Waals surface area contributed by atoms with E-state index >= 15 is 0 Å². The van der Waals surface area contributed by atoms with E-state index in [-0.39, 0.29) is 42.7 Å². The van der Waals surface area contributed by atoms with Crippen LogP contribution in [-0.4, -0.2) is 9.55 Å². The molecule has 0 saturated heterocycles. The smallest absolute Gasteiger partial charge is 0.135 e. The number of ether oxygens (including phenoxy) is 1. The Morgan fingerprint density at radius 2 is 1.22 bits per heavy atom. The number of benzene rings is 6. The molecule has 0 bridgehead atoms. The summed E-state index contributed by atoms with van der Waals surface area (Å²) in [6, 6.07) is 57.2. The van der Waals surface area contributed by atoms with E-state index in [0.717, 1.165) is 55.8 Å². The molecule has 0 amide bonds. The zero-order chi connectivity index (χ0) is 45.2. The van der Waals surface area contributed by atoms with E-state index in [1.54, 1.807) is 0 Å². The van der Waals surface area contributed by atoms with Crippen LogP contribution in [0, 0.1) is 24.2 Å². The van der Waals surface area contributed by atoms with Gasteiger partial charge in [-0.05, 0) is 86.0 Å². The summed E-state index contributed by atoms with van der Waals surface area (Å²) in [4.78, 5) is 9.49. The van der Waals surface area contributed by atoms with Crippen molar-refractivity contribution in [2.24, 2.45) is 5.41 Å². The van der Waals surface area contributed by atoms with Gasteiger partial charge in [-0.2, -0.15) is 6.07 Å². The van der Waals surface area contributed by atoms with Gasteiger partial charge in [-0.3, -0.25) is 0 Å². The summed E-state index contributed by atoms with van der Waals surface area (Å²) < 4.78 is 9.21. The molecule has 0 atom stereocenters. The third kappa shape index (κ3) is 9.05. The summed E-state index contributed by atoms with van der Waals surface area (Å²) in [6.45, 7) is 27.0. The molecule has 334 valence electrons. The number of anilines is 2. The van der Waals surface area contributed by atoms with E-state index in [2.05, 4.69) is 249 Å². The molecule has 1 aliphatic heterocycles. The molecule has 0 radical (unpaired) electrons. The summed E-state index contributed by atoms with van der Waals surface area (Å²) in [7, 11) is 0. The molecule has 0 fully saturated rings. The molecule has 5 nitrogen and oxygen atoms in total. The van der Waals surface area contributed by atoms with E-state index in [9.17, 15) is 0 Å². The molecule has 6 heteroatoms. The average molecular weight is 1040 g/mol. The van der Waals surface area contributed by atoms with Crippen molar-refractivity contribution < 1.29 is 25.8 Å². The number of fused-ring (bicyclic) bond motifs is 3. The van der Waals surface area contributed by atoms with Crippen LogP contribution in [0.25, 0.3) is 38.8 Å². The van der Waals surface area contributed by atoms with Gasteiger partial charge in [0.25, 0.3) is 0 Å². The minimum absolute atomic E-state index is 0. The van der Waals surface area contributed by atoms with Crippen LogP contribution in [0.4, 0.5) is 11.4 Å². The van der Waals surface area contributed by atoms with Crippen molar-refractivity contribution in [3.63, 3.8) is 0 Å². The van der Waals surface area contributed by atoms with Gasteiger partial charge >= 0.3 is 0 Å². The van der Waals surface area contributed by atoms with Crippen molar-refractivity contribution in [1.29, 1.82) is 0 Å². The summed E-state index contributed by atoms with van der Waals surface area (Å²) in [5.41, 5.74) is 11.7. The maximum absolute atomic E-state index is 6.98. The molecule has 1 aliphatic rings. The van der Waals surface area contributed by atoms with Crippen LogP contribution in [0.15, 0.2) is 158 Å². The van der Waals surface area contributed by atoms with Gasteiger partial charge in [0.05, 0.1) is 0 Å². The van der Waals surface area contributed by atoms with Crippen LogP contribution < -0.4 is 14.5 Å². The molecule has 3 heterocycles. The summed E-state index contributed by atoms with van der Waals surface area (Å²) in [5.74, 6) is 2.06. The second-order valence-corrected chi connectivity index (χ2v) is 20.8. The topological polar surface area (TPSA) is 33.5 Å². The largest absolute Gasteiger partial charge is 0.509 e. The fourth-order valence-corrected chi connectivity index (χ4v) is 8.69. The van der Waals surface area contributed by atoms with Crippen LogP contribution in [0.5, 0.6) is 11.5 Å². The third-order valence-corrected chi connectivity index (χ3v) is 12.7. The Kier molecular flexibility index (Phi) is 12.0. The van der Waals surface area contributed by atoms with Crippen molar-refractivity contribution >= 4 is 33.2 Å². The van der Waals surface area contributed by atoms with Gasteiger partial charge in [0.2, 0.25) is 0 Å². The zero-order valence-corrected chi connectivity index (χ0v) is 41.8. The van der Waals surface area contributed by atoms with Crippen LogP contribution in [0.2, 0.25) is 0 Å². The Balaban J connectivity index is 0.00000576. The van der Waals surface area contributed by atoms with E-state index in [1.807, 2.05) is 12.3 Å². The molecule has 6 aromatic carbocycles. The Bertz CT molecular complexity index is 3030. The normalized spacial score (nSPS) is 13.6. The minimum Gasteiger partial charge on any atom is -0.509 e. The quantitative estimate of drug-likeness (QED) is 0.142. The first-order valence-corrected chi connectivity index (χ1v) is 22.4. The molecule has 0 N–H and O–H groups in total. The van der Waals surface area contributed by atoms with Crippen molar-refractivity contribution in [2.45, 2.75) is 92.4 Å². The molecular weight excluding hydrogens is 976 g/mol. The van der Waals surface area contributed by atoms with Gasteiger partial charge < -0.3 is 19.1 Å². The first-order chi connectivity index (χ1) is 30.3. The summed E-state index contributed by atoms with van der Waals surface area (Å²) in [6.07, 6.45) is 4.18. The Morgan fingerprint density at radius 1 is 0.538 bits per heavy atom. The number of pyridine rings is 1. The van der Waals surface area contributed by atoms with Crippen molar-refractivity contribution in [1.82, 2.24) is 9.55 Å². The predicted octanol–water partition coefficient (Wildman–Crippen LogP) is 15.5. The zero-order valence-electron chi connectivity index (χ0n) is 39.5. The molecule has 9 rings (SSSR count). The first kappa shape index (κ1) is 45.7. The fraction of sp³-hybridized carbons (Fsp3) is 0.254. The van der Waals surface area contributed by atoms with E-state index in [1.165, 1.54) is 22.3 Å². The molecule has 0 saturated carbocycles. The Morgan fingerprint density at radius 3 is 1.91 bits per heavy atom. The number of rotatable bonds is 8. The number of allylic oxidation sites excluding steroid dienone is 1. The van der Waals surface area contributed by atoms with Crippen molar-refractivity contribution in [2.75, 3.05) is 9.80 Å². The van der Waals surface area contributed by atoms with Gasteiger partial charge in [-0.1, -0.05) is 167 Å². The molecule has 0 unspecified atom stereocenters. The van der Waals surface area contributed by atoms with Crippen molar-refractivity contribution in [3.8, 4) is 28.4 Å². The van der Waals surface area contributed by atoms with E-state index in [4.69, 9.17) is 9.72 Å². The van der Waals surface area contributed by atoms with E-state index in [0.29, 0.717) is 11.5 Å². The Hall–Kier alpha value is -5.90. The minimum atomic E-state index is -0.352. The average Bonchev–Trinajstić information content (AvgIpc) is 3.87. The molecule has 0 spiro atoms. The standard InChI is InChI=1S/C59H59N4O.Pt/c1-56(2,3)43-23-18-24-46(32-43)61-38-54(58(7,8)9)62(39-61)47-33-45(59(10,11)42-21-16-13-17-22-42)34-49(36-47)64-48-26-27-50-51-31-41(40-19-14-12-15-20-40)25-28-52(51)63(53(50)37-48)55-35-44(29-30-60-55)57(4,5)6;/h12-35,38-39H,1-11H3;/q-3;. The van der Waals surface area contributed by atoms with Gasteiger partial charge in [-0.25, -0.2) is 4.98 Å². The second-order valence-electron chi connectivity index (χ2n) is 20.8. The summed E-state index contributed by atoms with van der Waals surface area (Å²) >= 11 is 0. The third-order valence-electron chi connectivity index (χ3n) is 12.7. The molecule has 0 aliphatic carbocycles. The number of hydrogen-bond donors (Lipinski definition) is 0. The van der Waals surface area contributed by atoms with Gasteiger partial charge in [0, 0.05) is 61.1 Å².